The van der Waals surface area contributed by atoms with Gasteiger partial charge in [-0.1, -0.05) is 33.1 Å². The molecule has 150 valence electrons. The van der Waals surface area contributed by atoms with E-state index < -0.39 is 0 Å². The van der Waals surface area contributed by atoms with E-state index in [4.69, 9.17) is 9.73 Å². The van der Waals surface area contributed by atoms with Gasteiger partial charge in [-0.05, 0) is 32.1 Å². The number of hydrogen-bond acceptors (Lipinski definition) is 4. The summed E-state index contributed by atoms with van der Waals surface area (Å²) in [6.07, 6.45) is 7.25. The van der Waals surface area contributed by atoms with Crippen LogP contribution in [0, 0.1) is 12.8 Å². The lowest BCUT2D eigenvalue weighted by Crippen LogP contribution is -2.40. The third kappa shape index (κ3) is 8.65. The van der Waals surface area contributed by atoms with Crippen molar-refractivity contribution in [3.05, 3.63) is 11.6 Å². The van der Waals surface area contributed by atoms with Crippen molar-refractivity contribution in [3.8, 4) is 0 Å². The molecule has 0 bridgehead atoms. The number of guanidine groups is 1. The third-order valence-corrected chi connectivity index (χ3v) is 4.60. The van der Waals surface area contributed by atoms with Crippen molar-refractivity contribution in [1.29, 1.82) is 0 Å². The molecule has 1 rings (SSSR count). The van der Waals surface area contributed by atoms with E-state index in [0.717, 1.165) is 43.7 Å². The lowest BCUT2D eigenvalue weighted by Gasteiger charge is -2.19. The van der Waals surface area contributed by atoms with Crippen LogP contribution in [0.2, 0.25) is 0 Å². The highest BCUT2D eigenvalue weighted by molar-refractivity contribution is 5.79. The molecular formula is C19H38N6O. The minimum Gasteiger partial charge on any atom is -0.385 e. The Morgan fingerprint density at radius 2 is 1.96 bits per heavy atom. The second-order valence-corrected chi connectivity index (χ2v) is 6.84. The van der Waals surface area contributed by atoms with E-state index in [0.29, 0.717) is 12.5 Å². The second-order valence-electron chi connectivity index (χ2n) is 6.84. The summed E-state index contributed by atoms with van der Waals surface area (Å²) in [4.78, 5) is 4.71. The van der Waals surface area contributed by atoms with Gasteiger partial charge in [-0.3, -0.25) is 0 Å². The number of nitrogens with one attached hydrogen (secondary N) is 2. The molecule has 0 spiro atoms. The number of aliphatic imine (C=N–C) groups is 1. The Kier molecular flexibility index (Phi) is 11.7. The van der Waals surface area contributed by atoms with Gasteiger partial charge in [0.25, 0.3) is 0 Å². The molecule has 0 saturated heterocycles. The Morgan fingerprint density at radius 1 is 1.15 bits per heavy atom. The molecule has 0 radical (unpaired) electrons. The number of hydrogen-bond donors (Lipinski definition) is 2. The van der Waals surface area contributed by atoms with Crippen LogP contribution in [0.3, 0.4) is 0 Å². The van der Waals surface area contributed by atoms with E-state index in [2.05, 4.69) is 34.7 Å². The summed E-state index contributed by atoms with van der Waals surface area (Å²) in [5, 5.41) is 15.2. The fourth-order valence-corrected chi connectivity index (χ4v) is 2.83. The maximum Gasteiger partial charge on any atom is 0.191 e. The average Bonchev–Trinajstić information content (AvgIpc) is 2.96. The van der Waals surface area contributed by atoms with Crippen LogP contribution in [-0.4, -0.2) is 47.5 Å². The summed E-state index contributed by atoms with van der Waals surface area (Å²) in [6.45, 7) is 9.52. The van der Waals surface area contributed by atoms with Gasteiger partial charge in [-0.2, -0.15) is 0 Å². The minimum atomic E-state index is 0.518. The van der Waals surface area contributed by atoms with Crippen LogP contribution in [-0.2, 0) is 18.3 Å². The SMILES string of the molecule is CCCCC(CCC)CNC(=NCc1nnc(C)n1C)NCCCOC. The predicted molar refractivity (Wildman–Crippen MR) is 107 cm³/mol. The standard InChI is InChI=1S/C19H38N6O/c1-6-8-11-17(10-7-2)14-21-19(20-12-9-13-26-5)22-15-18-24-23-16(3)25(18)4/h17H,6-15H2,1-5H3,(H2,20,21,22). The Labute approximate surface area is 159 Å². The summed E-state index contributed by atoms with van der Waals surface area (Å²) in [6, 6.07) is 0. The smallest absolute Gasteiger partial charge is 0.191 e. The first-order valence-corrected chi connectivity index (χ1v) is 9.98. The lowest BCUT2D eigenvalue weighted by atomic mass is 9.97. The topological polar surface area (TPSA) is 76.4 Å². The molecule has 0 aliphatic heterocycles. The number of nitrogens with zero attached hydrogens (tertiary/aromatic N) is 4. The molecule has 1 aromatic rings. The van der Waals surface area contributed by atoms with Crippen LogP contribution in [0.1, 0.15) is 64.0 Å². The first kappa shape index (κ1) is 22.4. The van der Waals surface area contributed by atoms with Gasteiger partial charge in [-0.15, -0.1) is 10.2 Å². The van der Waals surface area contributed by atoms with Crippen molar-refractivity contribution in [2.24, 2.45) is 18.0 Å². The highest BCUT2D eigenvalue weighted by atomic mass is 16.5. The molecule has 7 nitrogen and oxygen atoms in total. The van der Waals surface area contributed by atoms with Crippen molar-refractivity contribution in [2.45, 2.75) is 65.8 Å². The van der Waals surface area contributed by atoms with Crippen LogP contribution in [0.15, 0.2) is 4.99 Å². The zero-order valence-electron chi connectivity index (χ0n) is 17.3. The molecule has 1 aromatic heterocycles. The quantitative estimate of drug-likeness (QED) is 0.319. The van der Waals surface area contributed by atoms with E-state index in [1.54, 1.807) is 7.11 Å². The maximum atomic E-state index is 5.12. The lowest BCUT2D eigenvalue weighted by molar-refractivity contribution is 0.195. The highest BCUT2D eigenvalue weighted by Gasteiger charge is 2.09. The minimum absolute atomic E-state index is 0.518. The number of ether oxygens (including phenoxy) is 1. The number of aromatic nitrogens is 3. The van der Waals surface area contributed by atoms with Crippen LogP contribution in [0.5, 0.6) is 0 Å². The second kappa shape index (κ2) is 13.6. The highest BCUT2D eigenvalue weighted by Crippen LogP contribution is 2.13. The number of rotatable bonds is 13. The number of unbranched alkanes of at least 4 members (excludes halogenated alkanes) is 1. The Morgan fingerprint density at radius 3 is 2.58 bits per heavy atom. The Balaban J connectivity index is 2.63. The summed E-state index contributed by atoms with van der Waals surface area (Å²) < 4.78 is 7.10. The third-order valence-electron chi connectivity index (χ3n) is 4.60. The molecule has 1 atom stereocenters. The van der Waals surface area contributed by atoms with Crippen molar-refractivity contribution < 1.29 is 4.74 Å². The molecule has 0 amide bonds. The van der Waals surface area contributed by atoms with Crippen molar-refractivity contribution in [3.63, 3.8) is 0 Å². The van der Waals surface area contributed by atoms with Crippen molar-refractivity contribution in [1.82, 2.24) is 25.4 Å². The van der Waals surface area contributed by atoms with E-state index in [9.17, 15) is 0 Å². The largest absolute Gasteiger partial charge is 0.385 e. The summed E-state index contributed by atoms with van der Waals surface area (Å²) in [5.74, 6) is 3.32. The molecule has 1 unspecified atom stereocenters. The van der Waals surface area contributed by atoms with Gasteiger partial charge in [0.05, 0.1) is 0 Å². The number of methoxy groups -OCH3 is 1. The Hall–Kier alpha value is -1.63. The molecule has 0 aliphatic carbocycles. The molecule has 0 fully saturated rings. The van der Waals surface area contributed by atoms with E-state index in [1.807, 2.05) is 18.5 Å². The van der Waals surface area contributed by atoms with Crippen molar-refractivity contribution in [2.75, 3.05) is 26.8 Å². The number of aryl methyl sites for hydroxylation is 1. The van der Waals surface area contributed by atoms with Gasteiger partial charge in [-0.25, -0.2) is 4.99 Å². The summed E-state index contributed by atoms with van der Waals surface area (Å²) in [5.41, 5.74) is 0. The predicted octanol–water partition coefficient (Wildman–Crippen LogP) is 2.80. The van der Waals surface area contributed by atoms with Gasteiger partial charge in [0.15, 0.2) is 11.8 Å². The van der Waals surface area contributed by atoms with Gasteiger partial charge in [0.2, 0.25) is 0 Å². The van der Waals surface area contributed by atoms with E-state index in [-0.39, 0.29) is 0 Å². The molecule has 26 heavy (non-hydrogen) atoms. The monoisotopic (exact) mass is 366 g/mol. The average molecular weight is 367 g/mol. The zero-order chi connectivity index (χ0) is 19.2. The molecule has 2 N–H and O–H groups in total. The first-order valence-electron chi connectivity index (χ1n) is 9.98. The first-order chi connectivity index (χ1) is 12.6. The molecule has 1 heterocycles. The fourth-order valence-electron chi connectivity index (χ4n) is 2.83. The molecular weight excluding hydrogens is 328 g/mol. The van der Waals surface area contributed by atoms with Gasteiger partial charge < -0.3 is 19.9 Å². The van der Waals surface area contributed by atoms with Crippen LogP contribution < -0.4 is 10.6 Å². The van der Waals surface area contributed by atoms with E-state index >= 15 is 0 Å². The van der Waals surface area contributed by atoms with E-state index in [1.165, 1.54) is 32.1 Å². The van der Waals surface area contributed by atoms with Crippen molar-refractivity contribution >= 4 is 5.96 Å². The van der Waals surface area contributed by atoms with Crippen LogP contribution in [0.25, 0.3) is 0 Å². The molecule has 0 aliphatic rings. The zero-order valence-corrected chi connectivity index (χ0v) is 17.3. The normalized spacial score (nSPS) is 13.0. The fraction of sp³-hybridized carbons (Fsp3) is 0.842. The Bertz CT molecular complexity index is 514. The van der Waals surface area contributed by atoms with Crippen LogP contribution in [0.4, 0.5) is 0 Å². The van der Waals surface area contributed by atoms with Crippen LogP contribution >= 0.6 is 0 Å². The molecule has 0 saturated carbocycles. The van der Waals surface area contributed by atoms with Gasteiger partial charge in [0.1, 0.15) is 12.4 Å². The summed E-state index contributed by atoms with van der Waals surface area (Å²) >= 11 is 0. The molecule has 7 heteroatoms. The summed E-state index contributed by atoms with van der Waals surface area (Å²) in [7, 11) is 3.70. The molecule has 0 aromatic carbocycles. The van der Waals surface area contributed by atoms with Gasteiger partial charge >= 0.3 is 0 Å². The maximum absolute atomic E-state index is 5.12. The van der Waals surface area contributed by atoms with Gasteiger partial charge in [0, 0.05) is 33.9 Å².